The largest absolute Gasteiger partial charge is 1.00 e. The molecule has 0 heterocycles. The van der Waals surface area contributed by atoms with Crippen molar-refractivity contribution >= 4 is 11.8 Å². The van der Waals surface area contributed by atoms with Crippen molar-refractivity contribution in [3.8, 4) is 0 Å². The van der Waals surface area contributed by atoms with Gasteiger partial charge in [-0.05, 0) is 0 Å². The fraction of sp³-hybridized carbons (Fsp3) is 0.500. The Morgan fingerprint density at radius 1 is 1.24 bits per heavy atom. The number of hydrogen-bond donors (Lipinski definition) is 0. The fourth-order valence-electron chi connectivity index (χ4n) is 2.54. The monoisotopic (exact) mass is 379 g/mol. The fourth-order valence-corrected chi connectivity index (χ4v) is 4.56. The van der Waals surface area contributed by atoms with Gasteiger partial charge in [0.05, 0.1) is 0 Å². The number of rotatable bonds is 3. The second-order valence-corrected chi connectivity index (χ2v) is 8.22. The maximum Gasteiger partial charge on any atom is -1.00 e. The summed E-state index contributed by atoms with van der Waals surface area (Å²) in [6.45, 7) is 6.79. The second kappa shape index (κ2) is 8.43. The second-order valence-electron chi connectivity index (χ2n) is 5.97. The first kappa shape index (κ1) is 21.6. The van der Waals surface area contributed by atoms with Crippen molar-refractivity contribution in [2.24, 2.45) is 5.41 Å². The molecule has 0 amide bonds. The molecule has 0 saturated carbocycles. The number of ether oxygens (including phenoxy) is 1. The minimum Gasteiger partial charge on any atom is -1.00 e. The van der Waals surface area contributed by atoms with E-state index in [9.17, 15) is 0 Å². The Hall–Kier alpha value is 0.564. The van der Waals surface area contributed by atoms with Crippen LogP contribution in [-0.2, 0) is 25.2 Å². The van der Waals surface area contributed by atoms with E-state index < -0.39 is 0 Å². The van der Waals surface area contributed by atoms with E-state index in [2.05, 4.69) is 71.6 Å². The van der Waals surface area contributed by atoms with Crippen LogP contribution in [0.3, 0.4) is 0 Å². The summed E-state index contributed by atoms with van der Waals surface area (Å²) in [6, 6.07) is 0. The summed E-state index contributed by atoms with van der Waals surface area (Å²) < 4.78 is 7.45. The molecular weight excluding hydrogens is 359 g/mol. The SMILES string of the molecule is COC1(SC2=[C]([Ti+2])CC=C2)CC=CC=C1C(C)(C)C.[Cl-].[Cl-]. The maximum absolute atomic E-state index is 6.00. The predicted molar refractivity (Wildman–Crippen MR) is 79.4 cm³/mol. The summed E-state index contributed by atoms with van der Waals surface area (Å²) in [5.41, 5.74) is 1.49. The zero-order valence-electron chi connectivity index (χ0n) is 12.9. The molecule has 5 heteroatoms. The van der Waals surface area contributed by atoms with Gasteiger partial charge in [0, 0.05) is 0 Å². The Morgan fingerprint density at radius 3 is 2.38 bits per heavy atom. The minimum absolute atomic E-state index is 0. The van der Waals surface area contributed by atoms with Crippen LogP contribution in [0, 0.1) is 5.41 Å². The molecular formula is C16H21Cl2OSTi. The average Bonchev–Trinajstić information content (AvgIpc) is 2.74. The van der Waals surface area contributed by atoms with Crippen LogP contribution < -0.4 is 24.8 Å². The van der Waals surface area contributed by atoms with Crippen LogP contribution in [0.25, 0.3) is 0 Å². The Balaban J connectivity index is 0.00000200. The standard InChI is InChI=1S/C16H21OS.2ClH.Ti/c1-15(2,3)14-11-7-8-12-16(14,17-4)18-13-9-5-6-10-13;;;/h5,7-9,11H,6,12H2,1-4H3;2*1H;/q;;;+2/p-2. The van der Waals surface area contributed by atoms with Gasteiger partial charge in [0.1, 0.15) is 0 Å². The summed E-state index contributed by atoms with van der Waals surface area (Å²) in [7, 11) is 1.83. The zero-order chi connectivity index (χ0) is 14.1. The van der Waals surface area contributed by atoms with Gasteiger partial charge in [-0.2, -0.15) is 0 Å². The summed E-state index contributed by atoms with van der Waals surface area (Å²) in [4.78, 5) is 1.12. The molecule has 2 rings (SSSR count). The van der Waals surface area contributed by atoms with Crippen LogP contribution in [0.5, 0.6) is 0 Å². The van der Waals surface area contributed by atoms with Gasteiger partial charge in [-0.15, -0.1) is 0 Å². The molecule has 0 fully saturated rings. The van der Waals surface area contributed by atoms with E-state index >= 15 is 0 Å². The van der Waals surface area contributed by atoms with Gasteiger partial charge in [0.15, 0.2) is 0 Å². The Morgan fingerprint density at radius 2 is 1.90 bits per heavy atom. The van der Waals surface area contributed by atoms with Gasteiger partial charge in [-0.3, -0.25) is 0 Å². The molecule has 0 aromatic heterocycles. The third-order valence-electron chi connectivity index (χ3n) is 3.50. The molecule has 0 aromatic rings. The molecule has 0 spiro atoms. The normalized spacial score (nSPS) is 24.6. The van der Waals surface area contributed by atoms with E-state index in [1.54, 1.807) is 0 Å². The van der Waals surface area contributed by atoms with Crippen molar-refractivity contribution in [1.29, 1.82) is 0 Å². The molecule has 2 aliphatic rings. The van der Waals surface area contributed by atoms with Crippen LogP contribution in [-0.4, -0.2) is 12.0 Å². The third kappa shape index (κ3) is 4.77. The van der Waals surface area contributed by atoms with E-state index in [-0.39, 0.29) is 35.2 Å². The maximum atomic E-state index is 6.00. The Bertz CT molecular complexity index is 489. The molecule has 1 atom stereocenters. The molecule has 0 aliphatic heterocycles. The van der Waals surface area contributed by atoms with Crippen molar-refractivity contribution in [3.05, 3.63) is 44.7 Å². The van der Waals surface area contributed by atoms with Gasteiger partial charge in [0.25, 0.3) is 0 Å². The number of methoxy groups -OCH3 is 1. The third-order valence-corrected chi connectivity index (χ3v) is 6.00. The first-order chi connectivity index (χ1) is 8.89. The molecule has 21 heavy (non-hydrogen) atoms. The van der Waals surface area contributed by atoms with Crippen molar-refractivity contribution in [3.63, 3.8) is 0 Å². The quantitative estimate of drug-likeness (QED) is 0.446. The molecule has 0 saturated heterocycles. The van der Waals surface area contributed by atoms with Crippen LogP contribution in [0.15, 0.2) is 44.7 Å². The van der Waals surface area contributed by atoms with Gasteiger partial charge in [0.2, 0.25) is 0 Å². The summed E-state index contributed by atoms with van der Waals surface area (Å²) in [5.74, 6) is 0. The van der Waals surface area contributed by atoms with Crippen molar-refractivity contribution in [2.75, 3.05) is 7.11 Å². The smallest absolute Gasteiger partial charge is 1.00 e. The van der Waals surface area contributed by atoms with Gasteiger partial charge < -0.3 is 24.8 Å². The number of allylic oxidation sites excluding steroid dienone is 5. The van der Waals surface area contributed by atoms with Crippen LogP contribution in [0.4, 0.5) is 0 Å². The summed E-state index contributed by atoms with van der Waals surface area (Å²) in [6.07, 6.45) is 13.1. The van der Waals surface area contributed by atoms with E-state index in [4.69, 9.17) is 4.74 Å². The molecule has 115 valence electrons. The van der Waals surface area contributed by atoms with Crippen molar-refractivity contribution in [1.82, 2.24) is 0 Å². The summed E-state index contributed by atoms with van der Waals surface area (Å²) in [5, 5.41) is 0. The molecule has 0 N–H and O–H groups in total. The van der Waals surface area contributed by atoms with Crippen LogP contribution >= 0.6 is 11.8 Å². The number of halogens is 2. The molecule has 0 aromatic carbocycles. The van der Waals surface area contributed by atoms with E-state index in [1.165, 1.54) is 14.4 Å². The van der Waals surface area contributed by atoms with Gasteiger partial charge >= 0.3 is 133 Å². The first-order valence-corrected chi connectivity index (χ1v) is 8.22. The Labute approximate surface area is 157 Å². The minimum atomic E-state index is -0.252. The average molecular weight is 380 g/mol. The summed E-state index contributed by atoms with van der Waals surface area (Å²) >= 11 is 4.08. The molecule has 0 bridgehead atoms. The predicted octanol–water partition coefficient (Wildman–Crippen LogP) is -1.28. The van der Waals surface area contributed by atoms with Crippen molar-refractivity contribution < 1.29 is 50.0 Å². The Kier molecular flexibility index (Phi) is 8.65. The first-order valence-electron chi connectivity index (χ1n) is 6.62. The van der Waals surface area contributed by atoms with Gasteiger partial charge in [-0.1, -0.05) is 0 Å². The van der Waals surface area contributed by atoms with Crippen molar-refractivity contribution in [2.45, 2.75) is 38.5 Å². The number of hydrogen-bond acceptors (Lipinski definition) is 2. The number of thioether (sulfide) groups is 1. The van der Waals surface area contributed by atoms with Gasteiger partial charge in [-0.25, -0.2) is 0 Å². The molecule has 0 radical (unpaired) electrons. The van der Waals surface area contributed by atoms with E-state index in [1.807, 2.05) is 18.9 Å². The van der Waals surface area contributed by atoms with E-state index in [0.29, 0.717) is 0 Å². The molecule has 1 nitrogen and oxygen atoms in total. The zero-order valence-corrected chi connectivity index (χ0v) is 16.8. The topological polar surface area (TPSA) is 9.23 Å². The van der Waals surface area contributed by atoms with Crippen LogP contribution in [0.1, 0.15) is 33.6 Å². The van der Waals surface area contributed by atoms with E-state index in [0.717, 1.165) is 12.8 Å². The molecule has 2 aliphatic carbocycles. The molecule has 1 unspecified atom stereocenters. The van der Waals surface area contributed by atoms with Crippen LogP contribution in [0.2, 0.25) is 0 Å².